The third-order valence-corrected chi connectivity index (χ3v) is 4.09. The molecule has 0 aliphatic carbocycles. The van der Waals surface area contributed by atoms with Crippen LogP contribution in [0.4, 0.5) is 5.13 Å². The van der Waals surface area contributed by atoms with Gasteiger partial charge in [-0.3, -0.25) is 14.6 Å². The van der Waals surface area contributed by atoms with E-state index in [0.29, 0.717) is 11.7 Å². The van der Waals surface area contributed by atoms with E-state index < -0.39 is 0 Å². The predicted molar refractivity (Wildman–Crippen MR) is 87.9 cm³/mol. The van der Waals surface area contributed by atoms with Crippen LogP contribution in [-0.4, -0.2) is 27.0 Å². The summed E-state index contributed by atoms with van der Waals surface area (Å²) in [6.45, 7) is 4.38. The number of carbonyl (C=O) groups excluding carboxylic acids is 2. The van der Waals surface area contributed by atoms with Crippen LogP contribution in [-0.2, 0) is 16.1 Å². The number of hydrogen-bond acceptors (Lipinski definition) is 6. The number of anilines is 1. The van der Waals surface area contributed by atoms with Gasteiger partial charge in [-0.05, 0) is 12.1 Å². The minimum absolute atomic E-state index is 0.102. The molecule has 0 radical (unpaired) electrons. The summed E-state index contributed by atoms with van der Waals surface area (Å²) in [6, 6.07) is 5.50. The molecule has 2 heterocycles. The first kappa shape index (κ1) is 17.0. The van der Waals surface area contributed by atoms with Crippen LogP contribution in [0, 0.1) is 0 Å². The Hall–Kier alpha value is -2.35. The largest absolute Gasteiger partial charge is 0.350 e. The van der Waals surface area contributed by atoms with Gasteiger partial charge in [-0.25, -0.2) is 0 Å². The second-order valence-corrected chi connectivity index (χ2v) is 6.26. The fourth-order valence-corrected chi connectivity index (χ4v) is 2.47. The molecule has 2 rings (SSSR count). The minimum Gasteiger partial charge on any atom is -0.350 e. The second kappa shape index (κ2) is 8.33. The molecule has 2 N–H and O–H groups in total. The Bertz CT molecular complexity index is 657. The number of amides is 2. The molecule has 0 aromatic carbocycles. The first-order valence-electron chi connectivity index (χ1n) is 7.34. The van der Waals surface area contributed by atoms with Gasteiger partial charge < -0.3 is 10.6 Å². The molecule has 7 nitrogen and oxygen atoms in total. The van der Waals surface area contributed by atoms with Crippen molar-refractivity contribution in [2.24, 2.45) is 0 Å². The van der Waals surface area contributed by atoms with Crippen LogP contribution in [0.25, 0.3) is 0 Å². The molecule has 0 saturated carbocycles. The Kier molecular flexibility index (Phi) is 6.16. The van der Waals surface area contributed by atoms with Crippen LogP contribution in [0.2, 0.25) is 0 Å². The Morgan fingerprint density at radius 2 is 1.96 bits per heavy atom. The highest BCUT2D eigenvalue weighted by atomic mass is 32.1. The topological polar surface area (TPSA) is 96.9 Å². The summed E-state index contributed by atoms with van der Waals surface area (Å²) in [4.78, 5) is 27.6. The molecule has 8 heteroatoms. The van der Waals surface area contributed by atoms with Crippen LogP contribution in [0.15, 0.2) is 24.4 Å². The van der Waals surface area contributed by atoms with Crippen molar-refractivity contribution in [2.45, 2.75) is 39.2 Å². The number of aromatic nitrogens is 3. The van der Waals surface area contributed by atoms with Gasteiger partial charge in [0.05, 0.1) is 12.2 Å². The molecule has 0 bridgehead atoms. The summed E-state index contributed by atoms with van der Waals surface area (Å²) in [5.41, 5.74) is 0.778. The summed E-state index contributed by atoms with van der Waals surface area (Å²) >= 11 is 1.35. The number of pyridine rings is 1. The van der Waals surface area contributed by atoms with Crippen LogP contribution in [0.1, 0.15) is 43.3 Å². The molecule has 2 amide bonds. The maximum Gasteiger partial charge on any atom is 0.226 e. The molecule has 2 aromatic rings. The molecule has 23 heavy (non-hydrogen) atoms. The average molecular weight is 333 g/mol. The third-order valence-electron chi connectivity index (χ3n) is 2.95. The van der Waals surface area contributed by atoms with Crippen molar-refractivity contribution in [3.63, 3.8) is 0 Å². The zero-order valence-electron chi connectivity index (χ0n) is 13.1. The fourth-order valence-electron chi connectivity index (χ4n) is 1.71. The number of rotatable bonds is 7. The van der Waals surface area contributed by atoms with Crippen molar-refractivity contribution in [2.75, 3.05) is 5.32 Å². The van der Waals surface area contributed by atoms with Gasteiger partial charge in [0.25, 0.3) is 0 Å². The van der Waals surface area contributed by atoms with E-state index in [1.807, 2.05) is 32.0 Å². The Morgan fingerprint density at radius 1 is 1.17 bits per heavy atom. The van der Waals surface area contributed by atoms with Gasteiger partial charge in [0.1, 0.15) is 5.01 Å². The van der Waals surface area contributed by atoms with E-state index in [4.69, 9.17) is 0 Å². The summed E-state index contributed by atoms with van der Waals surface area (Å²) < 4.78 is 0. The minimum atomic E-state index is -0.246. The lowest BCUT2D eigenvalue weighted by Crippen LogP contribution is -2.24. The Morgan fingerprint density at radius 3 is 2.61 bits per heavy atom. The van der Waals surface area contributed by atoms with Crippen molar-refractivity contribution < 1.29 is 9.59 Å². The van der Waals surface area contributed by atoms with Crippen LogP contribution in [0.5, 0.6) is 0 Å². The number of nitrogens with zero attached hydrogens (tertiary/aromatic N) is 3. The molecule has 122 valence electrons. The van der Waals surface area contributed by atoms with Gasteiger partial charge in [0, 0.05) is 25.0 Å². The molecular formula is C15H19N5O2S. The van der Waals surface area contributed by atoms with Crippen LogP contribution < -0.4 is 10.6 Å². The molecule has 0 atom stereocenters. The molecular weight excluding hydrogens is 314 g/mol. The lowest BCUT2D eigenvalue weighted by Gasteiger charge is -2.04. The summed E-state index contributed by atoms with van der Waals surface area (Å²) in [5, 5.41) is 14.6. The lowest BCUT2D eigenvalue weighted by atomic mass is 10.2. The number of carbonyl (C=O) groups is 2. The second-order valence-electron chi connectivity index (χ2n) is 5.25. The van der Waals surface area contributed by atoms with E-state index >= 15 is 0 Å². The van der Waals surface area contributed by atoms with Gasteiger partial charge >= 0.3 is 0 Å². The maximum absolute atomic E-state index is 11.8. The highest BCUT2D eigenvalue weighted by Crippen LogP contribution is 2.22. The first-order chi connectivity index (χ1) is 11.0. The van der Waals surface area contributed by atoms with Gasteiger partial charge in [-0.2, -0.15) is 0 Å². The van der Waals surface area contributed by atoms with Gasteiger partial charge in [0.15, 0.2) is 0 Å². The van der Waals surface area contributed by atoms with Crippen molar-refractivity contribution in [3.8, 4) is 0 Å². The molecule has 0 aliphatic heterocycles. The van der Waals surface area contributed by atoms with Gasteiger partial charge in [-0.1, -0.05) is 31.3 Å². The Balaban J connectivity index is 1.70. The van der Waals surface area contributed by atoms with E-state index in [-0.39, 0.29) is 30.6 Å². The van der Waals surface area contributed by atoms with Crippen molar-refractivity contribution >= 4 is 28.3 Å². The third kappa shape index (κ3) is 5.74. The molecule has 0 spiro atoms. The van der Waals surface area contributed by atoms with Gasteiger partial charge in [0.2, 0.25) is 16.9 Å². The maximum atomic E-state index is 11.8. The standard InChI is InChI=1S/C15H19N5O2S/c1-10(2)14-19-20-15(23-14)18-13(22)7-6-12(21)17-9-11-5-3-4-8-16-11/h3-5,8,10H,6-7,9H2,1-2H3,(H,17,21)(H,18,20,22). The number of nitrogens with one attached hydrogen (secondary N) is 2. The number of hydrogen-bond donors (Lipinski definition) is 2. The lowest BCUT2D eigenvalue weighted by molar-refractivity contribution is -0.124. The molecule has 2 aromatic heterocycles. The van der Waals surface area contributed by atoms with E-state index in [2.05, 4.69) is 25.8 Å². The molecule has 0 saturated heterocycles. The van der Waals surface area contributed by atoms with Crippen molar-refractivity contribution in [1.29, 1.82) is 0 Å². The highest BCUT2D eigenvalue weighted by molar-refractivity contribution is 7.15. The van der Waals surface area contributed by atoms with Gasteiger partial charge in [-0.15, -0.1) is 10.2 Å². The summed E-state index contributed by atoms with van der Waals surface area (Å²) in [6.07, 6.45) is 1.89. The zero-order valence-corrected chi connectivity index (χ0v) is 13.9. The molecule has 0 aliphatic rings. The van der Waals surface area contributed by atoms with E-state index in [1.165, 1.54) is 11.3 Å². The molecule has 0 fully saturated rings. The van der Waals surface area contributed by atoms with Crippen molar-refractivity contribution in [1.82, 2.24) is 20.5 Å². The SMILES string of the molecule is CC(C)c1nnc(NC(=O)CCC(=O)NCc2ccccn2)s1. The average Bonchev–Trinajstić information content (AvgIpc) is 3.00. The van der Waals surface area contributed by atoms with Crippen molar-refractivity contribution in [3.05, 3.63) is 35.1 Å². The summed E-state index contributed by atoms with van der Waals surface area (Å²) in [7, 11) is 0. The fraction of sp³-hybridized carbons (Fsp3) is 0.400. The normalized spacial score (nSPS) is 10.6. The smallest absolute Gasteiger partial charge is 0.226 e. The Labute approximate surface area is 138 Å². The van der Waals surface area contributed by atoms with E-state index in [9.17, 15) is 9.59 Å². The van der Waals surface area contributed by atoms with Crippen LogP contribution >= 0.6 is 11.3 Å². The van der Waals surface area contributed by atoms with Crippen LogP contribution in [0.3, 0.4) is 0 Å². The predicted octanol–water partition coefficient (Wildman–Crippen LogP) is 2.09. The monoisotopic (exact) mass is 333 g/mol. The van der Waals surface area contributed by atoms with E-state index in [0.717, 1.165) is 10.7 Å². The first-order valence-corrected chi connectivity index (χ1v) is 8.16. The summed E-state index contributed by atoms with van der Waals surface area (Å²) in [5.74, 6) is -0.161. The molecule has 0 unspecified atom stereocenters. The highest BCUT2D eigenvalue weighted by Gasteiger charge is 2.12. The quantitative estimate of drug-likeness (QED) is 0.808. The van der Waals surface area contributed by atoms with E-state index in [1.54, 1.807) is 6.20 Å². The zero-order chi connectivity index (χ0) is 16.7.